The Morgan fingerprint density at radius 3 is 1.54 bits per heavy atom. The fourth-order valence-electron chi connectivity index (χ4n) is 10.0. The molecular formula is C28H42O7. The van der Waals surface area contributed by atoms with E-state index in [1.807, 2.05) is 0 Å². The van der Waals surface area contributed by atoms with Gasteiger partial charge in [0.05, 0.1) is 0 Å². The number of rotatable bonds is 2. The van der Waals surface area contributed by atoms with Gasteiger partial charge >= 0.3 is 0 Å². The average Bonchev–Trinajstić information content (AvgIpc) is 3.20. The highest BCUT2D eigenvalue weighted by molar-refractivity contribution is 5.13. The standard InChI is InChI=1S/C28H42O7/c1-15-19-9-5-7-17-11-13-25(3)32-23(27(17,19)34-25)30-21(15)29-22-16(2)20-10-6-8-18-12-14-26(4)33-24(31-22)28(18,20)35-26/h15-24H,5-14H2,1-4H3/t15-,16-,17-,18-,19?,20?,21-,22+,23-,24-,25+,26+,27-,28-/m1/s1. The highest BCUT2D eigenvalue weighted by Gasteiger charge is 2.73. The Bertz CT molecular complexity index is 829. The van der Waals surface area contributed by atoms with Gasteiger partial charge in [-0.2, -0.15) is 0 Å². The molecule has 8 aliphatic rings. The molecule has 14 atom stereocenters. The van der Waals surface area contributed by atoms with Crippen LogP contribution in [0.3, 0.4) is 0 Å². The molecule has 35 heavy (non-hydrogen) atoms. The van der Waals surface area contributed by atoms with Gasteiger partial charge in [0.15, 0.2) is 36.7 Å². The van der Waals surface area contributed by atoms with Crippen molar-refractivity contribution in [1.29, 1.82) is 0 Å². The third kappa shape index (κ3) is 2.82. The molecule has 2 saturated carbocycles. The van der Waals surface area contributed by atoms with Crippen molar-refractivity contribution in [3.05, 3.63) is 0 Å². The van der Waals surface area contributed by atoms with E-state index in [1.54, 1.807) is 0 Å². The second-order valence-electron chi connectivity index (χ2n) is 13.5. The summed E-state index contributed by atoms with van der Waals surface area (Å²) in [4.78, 5) is 0. The summed E-state index contributed by atoms with van der Waals surface area (Å²) in [6.07, 6.45) is 9.93. The second kappa shape index (κ2) is 7.22. The van der Waals surface area contributed by atoms with Crippen molar-refractivity contribution in [3.63, 3.8) is 0 Å². The van der Waals surface area contributed by atoms with E-state index in [2.05, 4.69) is 27.7 Å². The Morgan fingerprint density at radius 1 is 0.629 bits per heavy atom. The van der Waals surface area contributed by atoms with E-state index in [4.69, 9.17) is 33.2 Å². The number of fused-ring (bicyclic) bond motifs is 2. The van der Waals surface area contributed by atoms with Crippen molar-refractivity contribution in [2.75, 3.05) is 0 Å². The lowest BCUT2D eigenvalue weighted by molar-refractivity contribution is -0.399. The van der Waals surface area contributed by atoms with E-state index in [-0.39, 0.29) is 48.2 Å². The second-order valence-corrected chi connectivity index (χ2v) is 13.5. The van der Waals surface area contributed by atoms with Crippen LogP contribution >= 0.6 is 0 Å². The molecule has 0 amide bonds. The summed E-state index contributed by atoms with van der Waals surface area (Å²) < 4.78 is 46.7. The first-order valence-electron chi connectivity index (χ1n) is 14.5. The summed E-state index contributed by atoms with van der Waals surface area (Å²) in [6, 6.07) is 0. The minimum absolute atomic E-state index is 0.210. The molecule has 6 aliphatic heterocycles. The van der Waals surface area contributed by atoms with Crippen molar-refractivity contribution in [2.24, 2.45) is 35.5 Å². The smallest absolute Gasteiger partial charge is 0.193 e. The quantitative estimate of drug-likeness (QED) is 0.536. The van der Waals surface area contributed by atoms with E-state index in [0.717, 1.165) is 38.5 Å². The van der Waals surface area contributed by atoms with Crippen LogP contribution in [-0.4, -0.2) is 47.9 Å². The van der Waals surface area contributed by atoms with Gasteiger partial charge in [-0.1, -0.05) is 26.7 Å². The Hall–Kier alpha value is -0.280. The summed E-state index contributed by atoms with van der Waals surface area (Å²) in [7, 11) is 0. The van der Waals surface area contributed by atoms with Crippen molar-refractivity contribution in [2.45, 2.75) is 140 Å². The van der Waals surface area contributed by atoms with Gasteiger partial charge in [0.2, 0.25) is 0 Å². The van der Waals surface area contributed by atoms with Crippen LogP contribution in [0.2, 0.25) is 0 Å². The molecular weight excluding hydrogens is 448 g/mol. The molecule has 2 spiro atoms. The highest BCUT2D eigenvalue weighted by atomic mass is 16.9. The zero-order valence-corrected chi connectivity index (χ0v) is 21.7. The fraction of sp³-hybridized carbons (Fsp3) is 1.00. The molecule has 6 heterocycles. The van der Waals surface area contributed by atoms with Crippen molar-refractivity contribution in [3.8, 4) is 0 Å². The monoisotopic (exact) mass is 490 g/mol. The Kier molecular flexibility index (Phi) is 4.68. The first-order valence-corrected chi connectivity index (χ1v) is 14.5. The molecule has 6 saturated heterocycles. The zero-order chi connectivity index (χ0) is 23.8. The predicted molar refractivity (Wildman–Crippen MR) is 123 cm³/mol. The Balaban J connectivity index is 1.08. The molecule has 0 N–H and O–H groups in total. The lowest BCUT2D eigenvalue weighted by Crippen LogP contribution is -2.67. The van der Waals surface area contributed by atoms with Crippen LogP contribution in [-0.2, 0) is 33.2 Å². The topological polar surface area (TPSA) is 64.6 Å². The number of ether oxygens (including phenoxy) is 7. The van der Waals surface area contributed by atoms with Gasteiger partial charge in [0.25, 0.3) is 0 Å². The molecule has 8 rings (SSSR count). The van der Waals surface area contributed by atoms with Crippen LogP contribution in [0, 0.1) is 35.5 Å². The van der Waals surface area contributed by atoms with Crippen LogP contribution in [0.5, 0.6) is 0 Å². The number of hydrogen-bond acceptors (Lipinski definition) is 7. The number of hydrogen-bond donors (Lipinski definition) is 0. The van der Waals surface area contributed by atoms with Gasteiger partial charge in [-0.3, -0.25) is 0 Å². The van der Waals surface area contributed by atoms with Gasteiger partial charge in [-0.15, -0.1) is 0 Å². The Morgan fingerprint density at radius 2 is 1.09 bits per heavy atom. The maximum atomic E-state index is 6.80. The van der Waals surface area contributed by atoms with E-state index >= 15 is 0 Å². The van der Waals surface area contributed by atoms with Gasteiger partial charge in [-0.05, 0) is 64.2 Å². The van der Waals surface area contributed by atoms with Crippen LogP contribution < -0.4 is 0 Å². The molecule has 0 aromatic carbocycles. The minimum Gasteiger partial charge on any atom is -0.338 e. The summed E-state index contributed by atoms with van der Waals surface area (Å²) in [5.41, 5.74) is -0.642. The maximum absolute atomic E-state index is 6.80. The molecule has 0 aromatic rings. The van der Waals surface area contributed by atoms with Crippen molar-refractivity contribution >= 4 is 0 Å². The lowest BCUT2D eigenvalue weighted by atomic mass is 9.60. The zero-order valence-electron chi connectivity index (χ0n) is 21.7. The molecule has 2 aliphatic carbocycles. The predicted octanol–water partition coefficient (Wildman–Crippen LogP) is 5.06. The van der Waals surface area contributed by atoms with Crippen LogP contribution in [0.25, 0.3) is 0 Å². The van der Waals surface area contributed by atoms with E-state index in [9.17, 15) is 0 Å². The summed E-state index contributed by atoms with van der Waals surface area (Å²) in [5, 5.41) is 0. The fourth-order valence-corrected chi connectivity index (χ4v) is 10.0. The summed E-state index contributed by atoms with van der Waals surface area (Å²) >= 11 is 0. The highest BCUT2D eigenvalue weighted by Crippen LogP contribution is 2.64. The van der Waals surface area contributed by atoms with Crippen LogP contribution in [0.1, 0.15) is 91.9 Å². The van der Waals surface area contributed by atoms with E-state index in [1.165, 1.54) is 25.7 Å². The molecule has 2 unspecified atom stereocenters. The molecule has 196 valence electrons. The summed E-state index contributed by atoms with van der Waals surface area (Å²) in [5.74, 6) is 1.12. The SMILES string of the molecule is C[C@@H]1C2CCC[C@@H]3CC[C@@]4(C)O[C@@H](O[C@H]1O[C@H]1O[C@@H]5O[C@]6(C)CC[C@H]7CCCC([C@H]1C)[C@]75O6)[C@]23O4. The largest absolute Gasteiger partial charge is 0.338 e. The normalized spacial score (nSPS) is 64.5. The molecule has 0 aromatic heterocycles. The molecule has 8 fully saturated rings. The molecule has 4 bridgehead atoms. The van der Waals surface area contributed by atoms with Crippen LogP contribution in [0.15, 0.2) is 0 Å². The van der Waals surface area contributed by atoms with E-state index < -0.39 is 11.6 Å². The molecule has 7 heteroatoms. The van der Waals surface area contributed by atoms with Crippen molar-refractivity contribution in [1.82, 2.24) is 0 Å². The van der Waals surface area contributed by atoms with Gasteiger partial charge in [0.1, 0.15) is 11.2 Å². The van der Waals surface area contributed by atoms with Crippen LogP contribution in [0.4, 0.5) is 0 Å². The lowest BCUT2D eigenvalue weighted by Gasteiger charge is -2.58. The van der Waals surface area contributed by atoms with Crippen molar-refractivity contribution < 1.29 is 33.2 Å². The molecule has 0 radical (unpaired) electrons. The third-order valence-electron chi connectivity index (χ3n) is 11.6. The van der Waals surface area contributed by atoms with Gasteiger partial charge in [0, 0.05) is 36.5 Å². The van der Waals surface area contributed by atoms with E-state index in [0.29, 0.717) is 23.7 Å². The first-order chi connectivity index (χ1) is 16.8. The minimum atomic E-state index is -0.536. The third-order valence-corrected chi connectivity index (χ3v) is 11.6. The van der Waals surface area contributed by atoms with Gasteiger partial charge in [-0.25, -0.2) is 0 Å². The molecule has 7 nitrogen and oxygen atoms in total. The first kappa shape index (κ1) is 22.7. The average molecular weight is 491 g/mol. The Labute approximate surface area is 208 Å². The van der Waals surface area contributed by atoms with Gasteiger partial charge < -0.3 is 33.2 Å². The summed E-state index contributed by atoms with van der Waals surface area (Å²) in [6.45, 7) is 8.75. The maximum Gasteiger partial charge on any atom is 0.193 e.